The smallest absolute Gasteiger partial charge is 0.245 e. The van der Waals surface area contributed by atoms with Crippen molar-refractivity contribution in [1.29, 1.82) is 0 Å². The second-order valence-corrected chi connectivity index (χ2v) is 7.66. The van der Waals surface area contributed by atoms with Crippen LogP contribution in [0.4, 0.5) is 0 Å². The zero-order valence-electron chi connectivity index (χ0n) is 17.0. The van der Waals surface area contributed by atoms with E-state index in [9.17, 15) is 19.5 Å². The van der Waals surface area contributed by atoms with Gasteiger partial charge in [0.2, 0.25) is 11.8 Å². The Balaban J connectivity index is 2.70. The minimum atomic E-state index is -1.14. The summed E-state index contributed by atoms with van der Waals surface area (Å²) in [6.07, 6.45) is -0.166. The number of nitrogens with one attached hydrogen (secondary N) is 5. The molecular formula is C18H35N5O4. The molecule has 2 amide bonds. The number of ketones is 1. The van der Waals surface area contributed by atoms with Gasteiger partial charge in [-0.1, -0.05) is 13.8 Å². The summed E-state index contributed by atoms with van der Waals surface area (Å²) >= 11 is 0. The lowest BCUT2D eigenvalue weighted by Crippen LogP contribution is -2.64. The van der Waals surface area contributed by atoms with Crippen molar-refractivity contribution < 1.29 is 19.5 Å². The average Bonchev–Trinajstić information content (AvgIpc) is 2.58. The molecule has 156 valence electrons. The Morgan fingerprint density at radius 2 is 1.81 bits per heavy atom. The molecule has 9 nitrogen and oxygen atoms in total. The molecule has 0 saturated carbocycles. The van der Waals surface area contributed by atoms with E-state index >= 15 is 0 Å². The molecule has 9 heteroatoms. The monoisotopic (exact) mass is 385 g/mol. The number of amides is 2. The van der Waals surface area contributed by atoms with Crippen molar-refractivity contribution in [1.82, 2.24) is 26.6 Å². The molecule has 1 aliphatic rings. The van der Waals surface area contributed by atoms with E-state index in [-0.39, 0.29) is 24.3 Å². The molecule has 0 aromatic heterocycles. The van der Waals surface area contributed by atoms with Gasteiger partial charge < -0.3 is 31.7 Å². The van der Waals surface area contributed by atoms with E-state index in [1.807, 2.05) is 0 Å². The molecule has 5 atom stereocenters. The van der Waals surface area contributed by atoms with Crippen LogP contribution in [0, 0.1) is 5.92 Å². The highest BCUT2D eigenvalue weighted by Gasteiger charge is 2.32. The third-order valence-corrected chi connectivity index (χ3v) is 4.53. The molecule has 1 aliphatic heterocycles. The van der Waals surface area contributed by atoms with Crippen LogP contribution in [0.3, 0.4) is 0 Å². The number of Topliss-reactive ketones (excluding diaryl/α,β-unsaturated/α-hetero) is 1. The van der Waals surface area contributed by atoms with E-state index in [0.717, 1.165) is 13.0 Å². The lowest BCUT2D eigenvalue weighted by atomic mass is 10.0. The number of rotatable bonds is 10. The Hall–Kier alpha value is -1.55. The van der Waals surface area contributed by atoms with E-state index < -0.39 is 30.1 Å². The minimum absolute atomic E-state index is 0.172. The Labute approximate surface area is 161 Å². The van der Waals surface area contributed by atoms with Crippen LogP contribution >= 0.6 is 0 Å². The third kappa shape index (κ3) is 7.92. The Bertz CT molecular complexity index is 512. The summed E-state index contributed by atoms with van der Waals surface area (Å²) in [5.41, 5.74) is 0. The van der Waals surface area contributed by atoms with Crippen molar-refractivity contribution in [2.75, 3.05) is 26.7 Å². The highest BCUT2D eigenvalue weighted by Crippen LogP contribution is 2.08. The first-order valence-corrected chi connectivity index (χ1v) is 9.56. The second kappa shape index (κ2) is 11.3. The lowest BCUT2D eigenvalue weighted by molar-refractivity contribution is -0.134. The van der Waals surface area contributed by atoms with Crippen molar-refractivity contribution in [2.45, 2.75) is 64.4 Å². The van der Waals surface area contributed by atoms with E-state index in [0.29, 0.717) is 12.5 Å². The molecule has 2 unspecified atom stereocenters. The van der Waals surface area contributed by atoms with Crippen LogP contribution in [0.5, 0.6) is 0 Å². The van der Waals surface area contributed by atoms with Crippen LogP contribution in [0.1, 0.15) is 34.1 Å². The molecule has 6 N–H and O–H groups in total. The van der Waals surface area contributed by atoms with E-state index in [2.05, 4.69) is 40.4 Å². The standard InChI is InChI=1S/C18H35N5O4/c1-10(2)6-13-7-20-9-15(21-13)17(26)23-16(12(4)25)18(27)22-14(8-19-5)11(3)24/h10,12-16,19-21,25H,6-9H2,1-5H3,(H,22,27)(H,23,26)/t12-,13?,14-,15?,16-/m0/s1. The molecule has 0 radical (unpaired) electrons. The summed E-state index contributed by atoms with van der Waals surface area (Å²) in [5.74, 6) is -0.651. The Morgan fingerprint density at radius 1 is 1.15 bits per heavy atom. The van der Waals surface area contributed by atoms with Crippen LogP contribution < -0.4 is 26.6 Å². The van der Waals surface area contributed by atoms with Crippen molar-refractivity contribution in [3.05, 3.63) is 0 Å². The van der Waals surface area contributed by atoms with Gasteiger partial charge in [0.25, 0.3) is 0 Å². The number of aliphatic hydroxyl groups excluding tert-OH is 1. The second-order valence-electron chi connectivity index (χ2n) is 7.66. The summed E-state index contributed by atoms with van der Waals surface area (Å²) in [6, 6.07) is -2.17. The average molecular weight is 386 g/mol. The van der Waals surface area contributed by atoms with Gasteiger partial charge in [0.1, 0.15) is 6.04 Å². The molecule has 1 rings (SSSR count). The number of hydrogen-bond donors (Lipinski definition) is 6. The number of carbonyl (C=O) groups is 3. The van der Waals surface area contributed by atoms with Crippen molar-refractivity contribution in [3.63, 3.8) is 0 Å². The van der Waals surface area contributed by atoms with Gasteiger partial charge in [-0.3, -0.25) is 14.4 Å². The fraction of sp³-hybridized carbons (Fsp3) is 0.833. The fourth-order valence-corrected chi connectivity index (χ4v) is 3.11. The predicted octanol–water partition coefficient (Wildman–Crippen LogP) is -1.88. The van der Waals surface area contributed by atoms with Crippen molar-refractivity contribution in [3.8, 4) is 0 Å². The van der Waals surface area contributed by atoms with Crippen LogP contribution in [-0.4, -0.2) is 79.7 Å². The van der Waals surface area contributed by atoms with Crippen LogP contribution in [-0.2, 0) is 14.4 Å². The van der Waals surface area contributed by atoms with Crippen LogP contribution in [0.2, 0.25) is 0 Å². The first-order valence-electron chi connectivity index (χ1n) is 9.56. The molecule has 0 spiro atoms. The van der Waals surface area contributed by atoms with Gasteiger partial charge in [0, 0.05) is 25.7 Å². The highest BCUT2D eigenvalue weighted by molar-refractivity contribution is 5.93. The molecule has 1 saturated heterocycles. The maximum atomic E-state index is 12.6. The van der Waals surface area contributed by atoms with E-state index in [4.69, 9.17) is 0 Å². The number of carbonyl (C=O) groups excluding carboxylic acids is 3. The Morgan fingerprint density at radius 3 is 2.33 bits per heavy atom. The van der Waals surface area contributed by atoms with Crippen LogP contribution in [0.15, 0.2) is 0 Å². The quantitative estimate of drug-likeness (QED) is 0.259. The summed E-state index contributed by atoms with van der Waals surface area (Å²) in [4.78, 5) is 36.7. The van der Waals surface area contributed by atoms with Gasteiger partial charge in [0.15, 0.2) is 5.78 Å². The zero-order chi connectivity index (χ0) is 20.6. The largest absolute Gasteiger partial charge is 0.391 e. The van der Waals surface area contributed by atoms with Gasteiger partial charge in [-0.25, -0.2) is 0 Å². The summed E-state index contributed by atoms with van der Waals surface area (Å²) in [7, 11) is 1.67. The highest BCUT2D eigenvalue weighted by atomic mass is 16.3. The molecule has 1 heterocycles. The predicted molar refractivity (Wildman–Crippen MR) is 103 cm³/mol. The maximum absolute atomic E-state index is 12.6. The fourth-order valence-electron chi connectivity index (χ4n) is 3.11. The normalized spacial score (nSPS) is 23.4. The van der Waals surface area contributed by atoms with Gasteiger partial charge in [0.05, 0.1) is 18.2 Å². The van der Waals surface area contributed by atoms with Crippen LogP contribution in [0.25, 0.3) is 0 Å². The minimum Gasteiger partial charge on any atom is -0.391 e. The molecule has 1 fully saturated rings. The topological polar surface area (TPSA) is 132 Å². The number of hydrogen-bond acceptors (Lipinski definition) is 7. The molecule has 0 aliphatic carbocycles. The number of aliphatic hydroxyl groups is 1. The van der Waals surface area contributed by atoms with Gasteiger partial charge in [-0.05, 0) is 33.2 Å². The lowest BCUT2D eigenvalue weighted by Gasteiger charge is -2.33. The number of piperazine rings is 1. The van der Waals surface area contributed by atoms with Gasteiger partial charge in [-0.2, -0.15) is 0 Å². The molecule has 0 aromatic carbocycles. The molecule has 0 aromatic rings. The Kier molecular flexibility index (Phi) is 9.86. The first-order chi connectivity index (χ1) is 12.6. The number of likely N-dealkylation sites (N-methyl/N-ethyl adjacent to an activating group) is 1. The third-order valence-electron chi connectivity index (χ3n) is 4.53. The van der Waals surface area contributed by atoms with Crippen molar-refractivity contribution in [2.24, 2.45) is 5.92 Å². The van der Waals surface area contributed by atoms with Crippen molar-refractivity contribution >= 4 is 17.6 Å². The molecule has 27 heavy (non-hydrogen) atoms. The first kappa shape index (κ1) is 23.5. The molecular weight excluding hydrogens is 350 g/mol. The van der Waals surface area contributed by atoms with E-state index in [1.165, 1.54) is 13.8 Å². The SMILES string of the molecule is CNC[C@H](NC(=O)[C@@H](NC(=O)C1CNCC(CC(C)C)N1)[C@H](C)O)C(C)=O. The van der Waals surface area contributed by atoms with Gasteiger partial charge in [-0.15, -0.1) is 0 Å². The summed E-state index contributed by atoms with van der Waals surface area (Å²) in [6.45, 7) is 8.55. The van der Waals surface area contributed by atoms with E-state index in [1.54, 1.807) is 7.05 Å². The van der Waals surface area contributed by atoms with Gasteiger partial charge >= 0.3 is 0 Å². The summed E-state index contributed by atoms with van der Waals surface area (Å²) < 4.78 is 0. The molecule has 0 bridgehead atoms. The zero-order valence-corrected chi connectivity index (χ0v) is 17.0. The maximum Gasteiger partial charge on any atom is 0.245 e. The summed E-state index contributed by atoms with van der Waals surface area (Å²) in [5, 5.41) is 24.5.